The maximum absolute atomic E-state index is 6.05. The van der Waals surface area contributed by atoms with E-state index in [1.165, 1.54) is 54.0 Å². The maximum Gasteiger partial charge on any atom is 0.0894 e. The maximum atomic E-state index is 6.05. The third-order valence-corrected chi connectivity index (χ3v) is 6.60. The van der Waals surface area contributed by atoms with Crippen molar-refractivity contribution in [2.45, 2.75) is 51.5 Å². The fraction of sp³-hybridized carbons (Fsp3) is 0.611. The van der Waals surface area contributed by atoms with Crippen LogP contribution in [0.5, 0.6) is 0 Å². The molecular weight excluding hydrogens is 384 g/mol. The van der Waals surface area contributed by atoms with Crippen LogP contribution in [-0.4, -0.2) is 22.4 Å². The van der Waals surface area contributed by atoms with Gasteiger partial charge in [-0.1, -0.05) is 32.1 Å². The summed E-state index contributed by atoms with van der Waals surface area (Å²) >= 11 is 5.42. The highest BCUT2D eigenvalue weighted by Gasteiger charge is 2.20. The van der Waals surface area contributed by atoms with E-state index in [1.54, 1.807) is 0 Å². The van der Waals surface area contributed by atoms with Crippen molar-refractivity contribution in [1.29, 1.82) is 0 Å². The molecule has 1 aliphatic rings. The lowest BCUT2D eigenvalue weighted by molar-refractivity contribution is 0.325. The highest BCUT2D eigenvalue weighted by Crippen LogP contribution is 2.38. The predicted octanol–water partition coefficient (Wildman–Crippen LogP) is 4.93. The molecule has 0 aromatic carbocycles. The number of halogens is 1. The normalized spacial score (nSPS) is 17.2. The van der Waals surface area contributed by atoms with Gasteiger partial charge in [-0.2, -0.15) is 5.10 Å². The van der Waals surface area contributed by atoms with Crippen LogP contribution in [0.15, 0.2) is 16.7 Å². The van der Waals surface area contributed by atoms with Crippen LogP contribution in [0.25, 0.3) is 11.3 Å². The average molecular weight is 411 g/mol. The fourth-order valence-electron chi connectivity index (χ4n) is 3.74. The first-order chi connectivity index (χ1) is 11.6. The van der Waals surface area contributed by atoms with Crippen LogP contribution in [0.3, 0.4) is 0 Å². The number of nitrogens with one attached hydrogen (secondary N) is 1. The van der Waals surface area contributed by atoms with E-state index >= 15 is 0 Å². The van der Waals surface area contributed by atoms with E-state index in [-0.39, 0.29) is 0 Å². The Balaban J connectivity index is 1.71. The Bertz CT molecular complexity index is 653. The molecule has 2 aromatic heterocycles. The standard InChI is InChI=1S/C18H27BrN4S/c1-12-15(18-16(19)11-21-23(18)2)9-17(24-12)22-14(10-20)8-13-6-4-3-5-7-13/h9,11,13-14,22H,3-8,10,20H2,1-2H3/t14-/m0/s1. The topological polar surface area (TPSA) is 55.9 Å². The quantitative estimate of drug-likeness (QED) is 0.709. The Hall–Kier alpha value is -0.850. The lowest BCUT2D eigenvalue weighted by Gasteiger charge is -2.26. The first kappa shape index (κ1) is 18.0. The molecule has 3 N–H and O–H groups in total. The molecule has 1 saturated carbocycles. The average Bonchev–Trinajstić information content (AvgIpc) is 3.09. The molecule has 2 aromatic rings. The molecule has 24 heavy (non-hydrogen) atoms. The molecule has 132 valence electrons. The molecule has 0 radical (unpaired) electrons. The number of nitrogens with zero attached hydrogens (tertiary/aromatic N) is 2. The first-order valence-electron chi connectivity index (χ1n) is 8.83. The molecule has 0 saturated heterocycles. The van der Waals surface area contributed by atoms with Gasteiger partial charge in [0.1, 0.15) is 0 Å². The smallest absolute Gasteiger partial charge is 0.0894 e. The second kappa shape index (κ2) is 8.02. The lowest BCUT2D eigenvalue weighted by atomic mass is 9.85. The number of nitrogens with two attached hydrogens (primary N) is 1. The van der Waals surface area contributed by atoms with E-state index in [4.69, 9.17) is 5.73 Å². The number of hydrogen-bond acceptors (Lipinski definition) is 4. The van der Waals surface area contributed by atoms with Crippen LogP contribution in [0.4, 0.5) is 5.00 Å². The summed E-state index contributed by atoms with van der Waals surface area (Å²) in [5.74, 6) is 0.839. The lowest BCUT2D eigenvalue weighted by Crippen LogP contribution is -2.31. The predicted molar refractivity (Wildman–Crippen MR) is 107 cm³/mol. The fourth-order valence-corrected chi connectivity index (χ4v) is 5.30. The van der Waals surface area contributed by atoms with Crippen LogP contribution in [0, 0.1) is 12.8 Å². The number of anilines is 1. The van der Waals surface area contributed by atoms with Gasteiger partial charge in [0.05, 0.1) is 21.4 Å². The molecule has 0 amide bonds. The second-order valence-electron chi connectivity index (χ2n) is 6.86. The zero-order valence-electron chi connectivity index (χ0n) is 14.5. The minimum Gasteiger partial charge on any atom is -0.373 e. The molecule has 2 heterocycles. The van der Waals surface area contributed by atoms with Gasteiger partial charge < -0.3 is 11.1 Å². The number of hydrogen-bond donors (Lipinski definition) is 2. The van der Waals surface area contributed by atoms with E-state index < -0.39 is 0 Å². The number of aryl methyl sites for hydroxylation is 2. The van der Waals surface area contributed by atoms with Crippen LogP contribution in [-0.2, 0) is 7.05 Å². The van der Waals surface area contributed by atoms with E-state index in [2.05, 4.69) is 39.3 Å². The number of thiophene rings is 1. The summed E-state index contributed by atoms with van der Waals surface area (Å²) in [6.45, 7) is 2.86. The van der Waals surface area contributed by atoms with Gasteiger partial charge in [-0.15, -0.1) is 11.3 Å². The van der Waals surface area contributed by atoms with Gasteiger partial charge in [0.25, 0.3) is 0 Å². The summed E-state index contributed by atoms with van der Waals surface area (Å²) in [5.41, 5.74) is 8.42. The third-order valence-electron chi connectivity index (χ3n) is 5.04. The van der Waals surface area contributed by atoms with Gasteiger partial charge in [0, 0.05) is 30.1 Å². The zero-order valence-corrected chi connectivity index (χ0v) is 16.9. The largest absolute Gasteiger partial charge is 0.373 e. The van der Waals surface area contributed by atoms with Gasteiger partial charge >= 0.3 is 0 Å². The Morgan fingerprint density at radius 2 is 2.17 bits per heavy atom. The van der Waals surface area contributed by atoms with Crippen molar-refractivity contribution in [2.75, 3.05) is 11.9 Å². The number of aromatic nitrogens is 2. The van der Waals surface area contributed by atoms with Gasteiger partial charge in [-0.05, 0) is 41.3 Å². The van der Waals surface area contributed by atoms with Gasteiger partial charge in [-0.25, -0.2) is 0 Å². The van der Waals surface area contributed by atoms with Crippen molar-refractivity contribution in [3.05, 3.63) is 21.6 Å². The van der Waals surface area contributed by atoms with Crippen molar-refractivity contribution < 1.29 is 0 Å². The van der Waals surface area contributed by atoms with E-state index in [1.807, 2.05) is 29.3 Å². The highest BCUT2D eigenvalue weighted by molar-refractivity contribution is 9.10. The molecule has 1 fully saturated rings. The summed E-state index contributed by atoms with van der Waals surface area (Å²) in [6.07, 6.45) is 9.97. The molecule has 0 spiro atoms. The summed E-state index contributed by atoms with van der Waals surface area (Å²) in [5, 5.41) is 9.23. The Morgan fingerprint density at radius 1 is 1.42 bits per heavy atom. The molecule has 1 atom stereocenters. The van der Waals surface area contributed by atoms with Gasteiger partial charge in [0.2, 0.25) is 0 Å². The number of rotatable bonds is 6. The molecule has 4 nitrogen and oxygen atoms in total. The molecule has 1 aliphatic carbocycles. The van der Waals surface area contributed by atoms with Crippen LogP contribution >= 0.6 is 27.3 Å². The minimum atomic E-state index is 0.369. The molecule has 0 bridgehead atoms. The Kier molecular flexibility index (Phi) is 6.00. The van der Waals surface area contributed by atoms with Crippen LogP contribution < -0.4 is 11.1 Å². The SMILES string of the molecule is Cc1sc(N[C@H](CN)CC2CCCCC2)cc1-c1c(Br)cnn1C. The highest BCUT2D eigenvalue weighted by atomic mass is 79.9. The van der Waals surface area contributed by atoms with Crippen molar-refractivity contribution in [2.24, 2.45) is 18.7 Å². The van der Waals surface area contributed by atoms with E-state index in [9.17, 15) is 0 Å². The minimum absolute atomic E-state index is 0.369. The molecule has 6 heteroatoms. The van der Waals surface area contributed by atoms with E-state index in [0.717, 1.165) is 16.1 Å². The van der Waals surface area contributed by atoms with Gasteiger partial charge in [0.15, 0.2) is 0 Å². The van der Waals surface area contributed by atoms with Crippen molar-refractivity contribution in [3.8, 4) is 11.3 Å². The second-order valence-corrected chi connectivity index (χ2v) is 8.97. The van der Waals surface area contributed by atoms with Crippen molar-refractivity contribution in [1.82, 2.24) is 9.78 Å². The van der Waals surface area contributed by atoms with Crippen LogP contribution in [0.1, 0.15) is 43.4 Å². The summed E-state index contributed by atoms with van der Waals surface area (Å²) in [6, 6.07) is 2.61. The van der Waals surface area contributed by atoms with Crippen molar-refractivity contribution >= 4 is 32.3 Å². The third kappa shape index (κ3) is 4.03. The zero-order chi connectivity index (χ0) is 17.1. The molecule has 0 aliphatic heterocycles. The van der Waals surface area contributed by atoms with Crippen molar-refractivity contribution in [3.63, 3.8) is 0 Å². The Labute approximate surface area is 157 Å². The molecule has 3 rings (SSSR count). The van der Waals surface area contributed by atoms with Gasteiger partial charge in [-0.3, -0.25) is 4.68 Å². The Morgan fingerprint density at radius 3 is 2.79 bits per heavy atom. The monoisotopic (exact) mass is 410 g/mol. The summed E-state index contributed by atoms with van der Waals surface area (Å²) in [7, 11) is 1.98. The summed E-state index contributed by atoms with van der Waals surface area (Å²) < 4.78 is 2.96. The molecule has 0 unspecified atom stereocenters. The first-order valence-corrected chi connectivity index (χ1v) is 10.4. The van der Waals surface area contributed by atoms with Crippen LogP contribution in [0.2, 0.25) is 0 Å². The molecular formula is C18H27BrN4S. The van der Waals surface area contributed by atoms with E-state index in [0.29, 0.717) is 12.6 Å². The summed E-state index contributed by atoms with van der Waals surface area (Å²) in [4.78, 5) is 1.30.